The third-order valence-electron chi connectivity index (χ3n) is 6.86. The number of nitrogens with one attached hydrogen (secondary N) is 1. The molecule has 1 aromatic heterocycles. The number of hydrogen-bond donors (Lipinski definition) is 2. The van der Waals surface area contributed by atoms with E-state index in [1.807, 2.05) is 62.4 Å². The Labute approximate surface area is 225 Å². The van der Waals surface area contributed by atoms with Crippen molar-refractivity contribution >= 4 is 22.6 Å². The largest absolute Gasteiger partial charge is 0.478 e. The molecule has 0 aliphatic heterocycles. The van der Waals surface area contributed by atoms with Gasteiger partial charge >= 0.3 is 5.97 Å². The number of nitrogens with zero attached hydrogens (tertiary/aromatic N) is 1. The first kappa shape index (κ1) is 25.5. The van der Waals surface area contributed by atoms with Crippen LogP contribution in [0.3, 0.4) is 0 Å². The number of aryl methyl sites for hydroxylation is 1. The molecule has 39 heavy (non-hydrogen) atoms. The molecule has 0 saturated heterocycles. The maximum atomic E-state index is 13.6. The van der Waals surface area contributed by atoms with Crippen LogP contribution in [-0.2, 0) is 0 Å². The molecular weight excluding hydrogens is 488 g/mol. The topological polar surface area (TPSA) is 103 Å². The van der Waals surface area contributed by atoms with Gasteiger partial charge < -0.3 is 14.8 Å². The Morgan fingerprint density at radius 2 is 1.64 bits per heavy atom. The van der Waals surface area contributed by atoms with E-state index in [1.165, 1.54) is 0 Å². The van der Waals surface area contributed by atoms with E-state index in [1.54, 1.807) is 43.3 Å². The van der Waals surface area contributed by atoms with Gasteiger partial charge in [0.1, 0.15) is 11.3 Å². The summed E-state index contributed by atoms with van der Waals surface area (Å²) in [6.45, 7) is 5.60. The molecule has 0 fully saturated rings. The highest BCUT2D eigenvalue weighted by Crippen LogP contribution is 2.34. The molecule has 0 radical (unpaired) electrons. The van der Waals surface area contributed by atoms with Gasteiger partial charge in [0.2, 0.25) is 0 Å². The Bertz CT molecular complexity index is 1830. The highest BCUT2D eigenvalue weighted by Gasteiger charge is 2.20. The van der Waals surface area contributed by atoms with Gasteiger partial charge in [-0.15, -0.1) is 0 Å². The van der Waals surface area contributed by atoms with Gasteiger partial charge in [-0.05, 0) is 73.9 Å². The predicted molar refractivity (Wildman–Crippen MR) is 153 cm³/mol. The van der Waals surface area contributed by atoms with Crippen molar-refractivity contribution < 1.29 is 14.3 Å². The molecule has 0 amide bonds. The standard InChI is InChI=1S/C33H26N2O4/c1-19-15-27(21(3)35-29-10-5-4-9-26(29)33(37)38)32-28(16-19)30(36)20(2)31(39-32)25-8-6-7-24(17-25)23-13-11-22(18-34)12-14-23/h4-17,21,35H,1-3H3,(H,37,38)/t21-/m1/s1. The Hall–Kier alpha value is -5.15. The van der Waals surface area contributed by atoms with Crippen LogP contribution in [0.1, 0.15) is 45.6 Å². The number of carbonyl (C=O) groups is 1. The van der Waals surface area contributed by atoms with E-state index in [9.17, 15) is 14.7 Å². The molecule has 6 heteroatoms. The van der Waals surface area contributed by atoms with Gasteiger partial charge in [0, 0.05) is 22.4 Å². The molecule has 6 nitrogen and oxygen atoms in total. The number of carboxylic acids is 1. The number of aromatic carboxylic acids is 1. The number of nitriles is 1. The van der Waals surface area contributed by atoms with Crippen molar-refractivity contribution in [2.24, 2.45) is 0 Å². The quantitative estimate of drug-likeness (QED) is 0.243. The lowest BCUT2D eigenvalue weighted by atomic mass is 9.97. The van der Waals surface area contributed by atoms with E-state index in [0.29, 0.717) is 33.5 Å². The number of para-hydroxylation sites is 1. The Morgan fingerprint density at radius 3 is 2.36 bits per heavy atom. The second-order valence-corrected chi connectivity index (χ2v) is 9.60. The van der Waals surface area contributed by atoms with Gasteiger partial charge in [-0.3, -0.25) is 4.79 Å². The Balaban J connectivity index is 1.63. The summed E-state index contributed by atoms with van der Waals surface area (Å²) in [6.07, 6.45) is 0. The monoisotopic (exact) mass is 514 g/mol. The number of hydrogen-bond acceptors (Lipinski definition) is 5. The molecule has 0 spiro atoms. The first-order chi connectivity index (χ1) is 18.8. The SMILES string of the molecule is Cc1cc([C@@H](C)Nc2ccccc2C(=O)O)c2oc(-c3cccc(-c4ccc(C#N)cc4)c3)c(C)c(=O)c2c1. The normalized spacial score (nSPS) is 11.6. The van der Waals surface area contributed by atoms with Crippen molar-refractivity contribution in [1.29, 1.82) is 5.26 Å². The summed E-state index contributed by atoms with van der Waals surface area (Å²) >= 11 is 0. The first-order valence-corrected chi connectivity index (χ1v) is 12.5. The molecule has 0 unspecified atom stereocenters. The number of benzene rings is 4. The van der Waals surface area contributed by atoms with E-state index >= 15 is 0 Å². The zero-order valence-corrected chi connectivity index (χ0v) is 21.8. The van der Waals surface area contributed by atoms with E-state index in [-0.39, 0.29) is 17.0 Å². The van der Waals surface area contributed by atoms with Gasteiger partial charge in [-0.25, -0.2) is 4.79 Å². The van der Waals surface area contributed by atoms with Crippen LogP contribution in [-0.4, -0.2) is 11.1 Å². The number of anilines is 1. The van der Waals surface area contributed by atoms with Gasteiger partial charge in [0.25, 0.3) is 0 Å². The molecule has 0 aliphatic carbocycles. The van der Waals surface area contributed by atoms with Crippen LogP contribution in [0, 0.1) is 25.2 Å². The number of rotatable bonds is 6. The molecule has 5 aromatic rings. The van der Waals surface area contributed by atoms with Crippen molar-refractivity contribution in [3.05, 3.63) is 123 Å². The van der Waals surface area contributed by atoms with Crippen LogP contribution >= 0.6 is 0 Å². The molecular formula is C33H26N2O4. The molecule has 0 aliphatic rings. The van der Waals surface area contributed by atoms with Crippen molar-refractivity contribution in [3.63, 3.8) is 0 Å². The number of carboxylic acid groups (broad SMARTS) is 1. The molecule has 0 saturated carbocycles. The minimum Gasteiger partial charge on any atom is -0.478 e. The zero-order valence-electron chi connectivity index (χ0n) is 21.8. The summed E-state index contributed by atoms with van der Waals surface area (Å²) in [4.78, 5) is 25.3. The van der Waals surface area contributed by atoms with Crippen LogP contribution in [0.5, 0.6) is 0 Å². The molecule has 1 atom stereocenters. The minimum absolute atomic E-state index is 0.113. The molecule has 0 bridgehead atoms. The summed E-state index contributed by atoms with van der Waals surface area (Å²) in [7, 11) is 0. The predicted octanol–water partition coefficient (Wildman–Crippen LogP) is 7.49. The molecule has 4 aromatic carbocycles. The fraction of sp³-hybridized carbons (Fsp3) is 0.121. The third kappa shape index (κ3) is 4.90. The van der Waals surface area contributed by atoms with Crippen molar-refractivity contribution in [1.82, 2.24) is 0 Å². The molecule has 5 rings (SSSR count). The van der Waals surface area contributed by atoms with Gasteiger partial charge in [-0.2, -0.15) is 5.26 Å². The molecule has 1 heterocycles. The van der Waals surface area contributed by atoms with Crippen LogP contribution in [0.2, 0.25) is 0 Å². The summed E-state index contributed by atoms with van der Waals surface area (Å²) in [5.41, 5.74) is 6.39. The van der Waals surface area contributed by atoms with E-state index in [4.69, 9.17) is 9.68 Å². The minimum atomic E-state index is -1.02. The molecule has 192 valence electrons. The van der Waals surface area contributed by atoms with E-state index in [2.05, 4.69) is 11.4 Å². The van der Waals surface area contributed by atoms with Gasteiger partial charge in [0.05, 0.1) is 28.6 Å². The van der Waals surface area contributed by atoms with Crippen molar-refractivity contribution in [3.8, 4) is 28.5 Å². The zero-order chi connectivity index (χ0) is 27.7. The first-order valence-electron chi connectivity index (χ1n) is 12.5. The lowest BCUT2D eigenvalue weighted by Crippen LogP contribution is -2.14. The Morgan fingerprint density at radius 1 is 0.923 bits per heavy atom. The van der Waals surface area contributed by atoms with Crippen molar-refractivity contribution in [2.45, 2.75) is 26.8 Å². The maximum absolute atomic E-state index is 13.6. The van der Waals surface area contributed by atoms with Crippen LogP contribution in [0.4, 0.5) is 5.69 Å². The van der Waals surface area contributed by atoms with Gasteiger partial charge in [-0.1, -0.05) is 48.5 Å². The van der Waals surface area contributed by atoms with Crippen molar-refractivity contribution in [2.75, 3.05) is 5.32 Å². The summed E-state index contributed by atoms with van der Waals surface area (Å²) in [5, 5.41) is 22.5. The van der Waals surface area contributed by atoms with E-state index in [0.717, 1.165) is 27.8 Å². The second-order valence-electron chi connectivity index (χ2n) is 9.60. The lowest BCUT2D eigenvalue weighted by molar-refractivity contribution is 0.0698. The Kier molecular flexibility index (Phi) is 6.74. The van der Waals surface area contributed by atoms with Gasteiger partial charge in [0.15, 0.2) is 5.43 Å². The maximum Gasteiger partial charge on any atom is 0.337 e. The van der Waals surface area contributed by atoms with Crippen LogP contribution < -0.4 is 10.7 Å². The smallest absolute Gasteiger partial charge is 0.337 e. The summed E-state index contributed by atoms with van der Waals surface area (Å²) in [5.74, 6) is -0.544. The summed E-state index contributed by atoms with van der Waals surface area (Å²) < 4.78 is 6.51. The highest BCUT2D eigenvalue weighted by molar-refractivity contribution is 5.94. The van der Waals surface area contributed by atoms with E-state index < -0.39 is 5.97 Å². The van der Waals surface area contributed by atoms with Crippen LogP contribution in [0.15, 0.2) is 94.1 Å². The average molecular weight is 515 g/mol. The lowest BCUT2D eigenvalue weighted by Gasteiger charge is -2.20. The fourth-order valence-electron chi connectivity index (χ4n) is 4.85. The molecule has 2 N–H and O–H groups in total. The number of fused-ring (bicyclic) bond motifs is 1. The summed E-state index contributed by atoms with van der Waals surface area (Å²) in [6, 6.07) is 27.4. The fourth-order valence-corrected chi connectivity index (χ4v) is 4.85. The third-order valence-corrected chi connectivity index (χ3v) is 6.86. The second kappa shape index (κ2) is 10.3. The van der Waals surface area contributed by atoms with Crippen LogP contribution in [0.25, 0.3) is 33.4 Å². The highest BCUT2D eigenvalue weighted by atomic mass is 16.4. The average Bonchev–Trinajstić information content (AvgIpc) is 2.95.